The van der Waals surface area contributed by atoms with Crippen molar-refractivity contribution in [1.82, 2.24) is 24.5 Å². The summed E-state index contributed by atoms with van der Waals surface area (Å²) in [6.45, 7) is 0.408. The number of rotatable bonds is 4. The van der Waals surface area contributed by atoms with E-state index in [2.05, 4.69) is 51.8 Å². The van der Waals surface area contributed by atoms with Crippen LogP contribution >= 0.6 is 31.9 Å². The van der Waals surface area contributed by atoms with Crippen molar-refractivity contribution in [1.29, 1.82) is 0 Å². The van der Waals surface area contributed by atoms with Crippen LogP contribution in [0.1, 0.15) is 5.69 Å². The number of ether oxygens (including phenoxy) is 2. The quantitative estimate of drug-likeness (QED) is 0.617. The smallest absolute Gasteiger partial charge is 0.223 e. The highest BCUT2D eigenvalue weighted by molar-refractivity contribution is 9.11. The van der Waals surface area contributed by atoms with Crippen LogP contribution in [0.5, 0.6) is 11.5 Å². The predicted molar refractivity (Wildman–Crippen MR) is 91.6 cm³/mol. The highest BCUT2D eigenvalue weighted by Crippen LogP contribution is 2.36. The Morgan fingerprint density at radius 1 is 1.17 bits per heavy atom. The van der Waals surface area contributed by atoms with E-state index in [1.807, 2.05) is 4.57 Å². The summed E-state index contributed by atoms with van der Waals surface area (Å²) in [5.41, 5.74) is 7.65. The van der Waals surface area contributed by atoms with Gasteiger partial charge in [-0.1, -0.05) is 0 Å². The summed E-state index contributed by atoms with van der Waals surface area (Å²) >= 11 is 6.80. The van der Waals surface area contributed by atoms with E-state index in [-0.39, 0.29) is 5.95 Å². The summed E-state index contributed by atoms with van der Waals surface area (Å²) in [5, 5.41) is 0. The number of imidazole rings is 1. The van der Waals surface area contributed by atoms with Crippen molar-refractivity contribution in [2.75, 3.05) is 20.0 Å². The van der Waals surface area contributed by atoms with Crippen LogP contribution in [0.4, 0.5) is 5.95 Å². The third-order valence-electron chi connectivity index (χ3n) is 3.20. The van der Waals surface area contributed by atoms with Gasteiger partial charge in [0.15, 0.2) is 17.1 Å². The molecule has 0 aliphatic carbocycles. The molecule has 0 saturated heterocycles. The fraction of sp³-hybridized carbons (Fsp3) is 0.231. The number of halogens is 2. The van der Waals surface area contributed by atoms with Crippen molar-refractivity contribution in [3.8, 4) is 11.5 Å². The van der Waals surface area contributed by atoms with E-state index < -0.39 is 0 Å². The normalized spacial score (nSPS) is 11.0. The second-order valence-corrected chi connectivity index (χ2v) is 6.08. The molecular formula is C13H12Br2N6O2. The number of nitrogens with two attached hydrogens (primary N) is 1. The lowest BCUT2D eigenvalue weighted by atomic mass is 10.3. The zero-order chi connectivity index (χ0) is 16.6. The number of hydrogen-bond donors (Lipinski definition) is 1. The number of hydrogen-bond acceptors (Lipinski definition) is 7. The number of pyridine rings is 1. The van der Waals surface area contributed by atoms with Gasteiger partial charge in [0.1, 0.15) is 20.3 Å². The summed E-state index contributed by atoms with van der Waals surface area (Å²) in [4.78, 5) is 17.0. The Balaban J connectivity index is 2.08. The molecule has 0 aliphatic rings. The molecule has 0 fully saturated rings. The van der Waals surface area contributed by atoms with Gasteiger partial charge in [0.2, 0.25) is 5.95 Å². The number of nitrogen functional groups attached to an aromatic ring is 1. The molecule has 3 rings (SSSR count). The van der Waals surface area contributed by atoms with Crippen LogP contribution in [0, 0.1) is 0 Å². The van der Waals surface area contributed by atoms with Crippen molar-refractivity contribution < 1.29 is 9.47 Å². The van der Waals surface area contributed by atoms with E-state index in [0.29, 0.717) is 44.0 Å². The maximum absolute atomic E-state index is 5.71. The molecule has 23 heavy (non-hydrogen) atoms. The first-order valence-corrected chi connectivity index (χ1v) is 8.03. The molecule has 2 N–H and O–H groups in total. The van der Waals surface area contributed by atoms with Gasteiger partial charge < -0.3 is 19.8 Å². The molecule has 0 spiro atoms. The minimum absolute atomic E-state index is 0.168. The maximum atomic E-state index is 5.71. The number of nitrogens with zero attached hydrogens (tertiary/aromatic N) is 5. The second kappa shape index (κ2) is 6.28. The fourth-order valence-corrected chi connectivity index (χ4v) is 3.27. The van der Waals surface area contributed by atoms with Gasteiger partial charge in [-0.25, -0.2) is 9.97 Å². The molecule has 3 aromatic rings. The number of anilines is 1. The summed E-state index contributed by atoms with van der Waals surface area (Å²) < 4.78 is 13.7. The zero-order valence-corrected chi connectivity index (χ0v) is 15.4. The Bertz CT molecular complexity index is 883. The fourth-order valence-electron chi connectivity index (χ4n) is 2.16. The van der Waals surface area contributed by atoms with Crippen LogP contribution in [-0.2, 0) is 6.54 Å². The lowest BCUT2D eigenvalue weighted by Crippen LogP contribution is -2.06. The molecule has 8 nitrogen and oxygen atoms in total. The first-order valence-electron chi connectivity index (χ1n) is 6.44. The molecule has 0 amide bonds. The minimum atomic E-state index is 0.168. The lowest BCUT2D eigenvalue weighted by Gasteiger charge is -2.13. The van der Waals surface area contributed by atoms with Crippen molar-refractivity contribution in [2.24, 2.45) is 0 Å². The Kier molecular flexibility index (Phi) is 4.35. The van der Waals surface area contributed by atoms with Crippen LogP contribution in [-0.4, -0.2) is 38.7 Å². The largest absolute Gasteiger partial charge is 0.494 e. The summed E-state index contributed by atoms with van der Waals surface area (Å²) in [5.74, 6) is 1.35. The summed E-state index contributed by atoms with van der Waals surface area (Å²) in [7, 11) is 3.15. The van der Waals surface area contributed by atoms with E-state index in [1.54, 1.807) is 26.7 Å². The highest BCUT2D eigenvalue weighted by atomic mass is 79.9. The van der Waals surface area contributed by atoms with E-state index in [0.717, 1.165) is 0 Å². The average Bonchev–Trinajstić information content (AvgIpc) is 2.91. The van der Waals surface area contributed by atoms with Crippen molar-refractivity contribution in [3.63, 3.8) is 0 Å². The van der Waals surface area contributed by atoms with Crippen LogP contribution in [0.25, 0.3) is 11.2 Å². The number of fused-ring (bicyclic) bond motifs is 1. The summed E-state index contributed by atoms with van der Waals surface area (Å²) in [6.07, 6.45) is 3.28. The first kappa shape index (κ1) is 15.9. The van der Waals surface area contributed by atoms with E-state index in [9.17, 15) is 0 Å². The second-order valence-electron chi connectivity index (χ2n) is 4.54. The molecule has 0 bridgehead atoms. The van der Waals surface area contributed by atoms with Gasteiger partial charge in [-0.3, -0.25) is 4.98 Å². The van der Waals surface area contributed by atoms with Gasteiger partial charge in [-0.05, 0) is 31.9 Å². The SMILES string of the molecule is COc1cnc(Cn2cnc3c(Br)nc(N)nc32)c(OC)c1Br. The van der Waals surface area contributed by atoms with Crippen molar-refractivity contribution in [3.05, 3.63) is 27.3 Å². The van der Waals surface area contributed by atoms with Crippen LogP contribution in [0.3, 0.4) is 0 Å². The van der Waals surface area contributed by atoms with Gasteiger partial charge in [-0.2, -0.15) is 4.98 Å². The van der Waals surface area contributed by atoms with E-state index >= 15 is 0 Å². The molecule has 0 atom stereocenters. The van der Waals surface area contributed by atoms with Crippen molar-refractivity contribution in [2.45, 2.75) is 6.54 Å². The Morgan fingerprint density at radius 3 is 2.65 bits per heavy atom. The molecule has 0 unspecified atom stereocenters. The summed E-state index contributed by atoms with van der Waals surface area (Å²) in [6, 6.07) is 0. The molecule has 0 aliphatic heterocycles. The average molecular weight is 444 g/mol. The van der Waals surface area contributed by atoms with Crippen LogP contribution < -0.4 is 15.2 Å². The Labute approximate surface area is 148 Å². The topological polar surface area (TPSA) is 101 Å². The molecule has 3 aromatic heterocycles. The molecular weight excluding hydrogens is 432 g/mol. The molecule has 0 saturated carbocycles. The van der Waals surface area contributed by atoms with Gasteiger partial charge >= 0.3 is 0 Å². The van der Waals surface area contributed by atoms with Gasteiger partial charge in [0.05, 0.1) is 33.3 Å². The zero-order valence-electron chi connectivity index (χ0n) is 12.2. The van der Waals surface area contributed by atoms with Gasteiger partial charge in [0, 0.05) is 0 Å². The lowest BCUT2D eigenvalue weighted by molar-refractivity contribution is 0.381. The van der Waals surface area contributed by atoms with Crippen molar-refractivity contribution >= 4 is 49.0 Å². The molecule has 0 aromatic carbocycles. The standard InChI is InChI=1S/C13H12Br2N6O2/c1-22-7-3-17-6(10(23-2)8(7)14)4-21-5-18-9-11(15)19-13(16)20-12(9)21/h3,5H,4H2,1-2H3,(H2,16,19,20). The minimum Gasteiger partial charge on any atom is -0.494 e. The predicted octanol–water partition coefficient (Wildman–Crippen LogP) is 2.39. The number of methoxy groups -OCH3 is 2. The van der Waals surface area contributed by atoms with E-state index in [1.165, 1.54) is 0 Å². The highest BCUT2D eigenvalue weighted by Gasteiger charge is 2.17. The molecule has 120 valence electrons. The molecule has 10 heteroatoms. The maximum Gasteiger partial charge on any atom is 0.223 e. The van der Waals surface area contributed by atoms with Gasteiger partial charge in [0.25, 0.3) is 0 Å². The third kappa shape index (κ3) is 2.83. The Morgan fingerprint density at radius 2 is 1.96 bits per heavy atom. The first-order chi connectivity index (χ1) is 11.0. The van der Waals surface area contributed by atoms with Gasteiger partial charge in [-0.15, -0.1) is 0 Å². The van der Waals surface area contributed by atoms with Crippen LogP contribution in [0.2, 0.25) is 0 Å². The molecule has 0 radical (unpaired) electrons. The van der Waals surface area contributed by atoms with Crippen LogP contribution in [0.15, 0.2) is 21.6 Å². The monoisotopic (exact) mass is 442 g/mol. The van der Waals surface area contributed by atoms with E-state index in [4.69, 9.17) is 15.2 Å². The molecule has 3 heterocycles. The third-order valence-corrected chi connectivity index (χ3v) is 4.50. The Hall–Kier alpha value is -1.94. The number of aromatic nitrogens is 5.